The molecule has 4 nitrogen and oxygen atoms in total. The Balaban J connectivity index is 1.93. The molecule has 2 aromatic rings. The third-order valence-corrected chi connectivity index (χ3v) is 6.27. The SMILES string of the molecule is NC(=O)c1c(NC(=O)c2ccc(Br)s2)sc2c1CCCC2. The fraction of sp³-hybridized carbons (Fsp3) is 0.286. The maximum absolute atomic E-state index is 12.2. The fourth-order valence-electron chi connectivity index (χ4n) is 2.52. The zero-order valence-electron chi connectivity index (χ0n) is 11.1. The van der Waals surface area contributed by atoms with Crippen LogP contribution in [0.5, 0.6) is 0 Å². The second-order valence-corrected chi connectivity index (χ2v) is 8.41. The third-order valence-electron chi connectivity index (χ3n) is 3.44. The molecule has 7 heteroatoms. The quantitative estimate of drug-likeness (QED) is 0.844. The molecule has 0 saturated carbocycles. The molecular weight excluding hydrogens is 372 g/mol. The number of rotatable bonds is 3. The van der Waals surface area contributed by atoms with E-state index in [0.29, 0.717) is 15.4 Å². The Morgan fingerprint density at radius 1 is 1.19 bits per heavy atom. The minimum atomic E-state index is -0.461. The lowest BCUT2D eigenvalue weighted by atomic mass is 9.95. The summed E-state index contributed by atoms with van der Waals surface area (Å²) in [6.45, 7) is 0. The molecule has 0 fully saturated rings. The number of carbonyl (C=O) groups is 2. The molecule has 0 spiro atoms. The molecule has 0 unspecified atom stereocenters. The summed E-state index contributed by atoms with van der Waals surface area (Å²) in [4.78, 5) is 25.8. The van der Waals surface area contributed by atoms with E-state index in [1.54, 1.807) is 6.07 Å². The first kappa shape index (κ1) is 14.7. The first-order chi connectivity index (χ1) is 10.1. The Labute approximate surface area is 138 Å². The van der Waals surface area contributed by atoms with Crippen molar-refractivity contribution in [2.45, 2.75) is 25.7 Å². The van der Waals surface area contributed by atoms with Crippen LogP contribution in [0, 0.1) is 0 Å². The molecule has 0 atom stereocenters. The highest BCUT2D eigenvalue weighted by Gasteiger charge is 2.25. The number of hydrogen-bond donors (Lipinski definition) is 2. The van der Waals surface area contributed by atoms with Crippen molar-refractivity contribution in [3.63, 3.8) is 0 Å². The molecule has 3 N–H and O–H groups in total. The van der Waals surface area contributed by atoms with Crippen LogP contribution < -0.4 is 11.1 Å². The number of aryl methyl sites for hydroxylation is 1. The van der Waals surface area contributed by atoms with Crippen LogP contribution in [0.1, 0.15) is 43.3 Å². The van der Waals surface area contributed by atoms with Crippen molar-refractivity contribution >= 4 is 55.4 Å². The molecule has 1 aliphatic carbocycles. The Morgan fingerprint density at radius 2 is 1.95 bits per heavy atom. The molecule has 2 aromatic heterocycles. The minimum Gasteiger partial charge on any atom is -0.365 e. The summed E-state index contributed by atoms with van der Waals surface area (Å²) in [6.07, 6.45) is 4.01. The summed E-state index contributed by atoms with van der Waals surface area (Å²) in [6, 6.07) is 3.58. The molecule has 2 heterocycles. The number of thiophene rings is 2. The number of anilines is 1. The molecule has 21 heavy (non-hydrogen) atoms. The van der Waals surface area contributed by atoms with Gasteiger partial charge in [-0.2, -0.15) is 0 Å². The summed E-state index contributed by atoms with van der Waals surface area (Å²) < 4.78 is 0.897. The lowest BCUT2D eigenvalue weighted by Gasteiger charge is -2.11. The van der Waals surface area contributed by atoms with Crippen LogP contribution in [-0.2, 0) is 12.8 Å². The minimum absolute atomic E-state index is 0.202. The van der Waals surface area contributed by atoms with Gasteiger partial charge in [0.2, 0.25) is 0 Å². The predicted octanol–water partition coefficient (Wildman–Crippen LogP) is 3.80. The van der Waals surface area contributed by atoms with Gasteiger partial charge in [0.1, 0.15) is 5.00 Å². The van der Waals surface area contributed by atoms with E-state index in [0.717, 1.165) is 35.0 Å². The van der Waals surface area contributed by atoms with E-state index in [9.17, 15) is 9.59 Å². The van der Waals surface area contributed by atoms with E-state index >= 15 is 0 Å². The monoisotopic (exact) mass is 384 g/mol. The molecule has 0 aromatic carbocycles. The van der Waals surface area contributed by atoms with Crippen molar-refractivity contribution in [1.29, 1.82) is 0 Å². The van der Waals surface area contributed by atoms with Crippen LogP contribution in [0.15, 0.2) is 15.9 Å². The molecular formula is C14H13BrN2O2S2. The normalized spacial score (nSPS) is 13.8. The van der Waals surface area contributed by atoms with E-state index in [1.165, 1.54) is 27.6 Å². The van der Waals surface area contributed by atoms with Gasteiger partial charge in [0.05, 0.1) is 14.2 Å². The van der Waals surface area contributed by atoms with Gasteiger partial charge >= 0.3 is 0 Å². The van der Waals surface area contributed by atoms with Crippen molar-refractivity contribution in [3.8, 4) is 0 Å². The smallest absolute Gasteiger partial charge is 0.266 e. The first-order valence-corrected chi connectivity index (χ1v) is 9.00. The summed E-state index contributed by atoms with van der Waals surface area (Å²) >= 11 is 6.17. The number of nitrogens with two attached hydrogens (primary N) is 1. The first-order valence-electron chi connectivity index (χ1n) is 6.57. The molecule has 1 aliphatic rings. The van der Waals surface area contributed by atoms with Gasteiger partial charge in [-0.25, -0.2) is 0 Å². The van der Waals surface area contributed by atoms with Crippen LogP contribution in [0.4, 0.5) is 5.00 Å². The topological polar surface area (TPSA) is 72.2 Å². The van der Waals surface area contributed by atoms with E-state index < -0.39 is 5.91 Å². The lowest BCUT2D eigenvalue weighted by molar-refractivity contribution is 0.100. The number of fused-ring (bicyclic) bond motifs is 1. The average molecular weight is 385 g/mol. The van der Waals surface area contributed by atoms with Gasteiger partial charge in [-0.3, -0.25) is 9.59 Å². The van der Waals surface area contributed by atoms with Gasteiger partial charge in [0.15, 0.2) is 0 Å². The molecule has 2 amide bonds. The van der Waals surface area contributed by atoms with Crippen LogP contribution >= 0.6 is 38.6 Å². The summed E-state index contributed by atoms with van der Waals surface area (Å²) in [5, 5.41) is 3.43. The Morgan fingerprint density at radius 3 is 2.62 bits per heavy atom. The van der Waals surface area contributed by atoms with Crippen molar-refractivity contribution in [2.75, 3.05) is 5.32 Å². The van der Waals surface area contributed by atoms with Gasteiger partial charge in [0.25, 0.3) is 11.8 Å². The number of carbonyl (C=O) groups excluding carboxylic acids is 2. The van der Waals surface area contributed by atoms with Crippen LogP contribution in [0.2, 0.25) is 0 Å². The highest BCUT2D eigenvalue weighted by Crippen LogP contribution is 2.38. The maximum atomic E-state index is 12.2. The number of nitrogens with one attached hydrogen (secondary N) is 1. The Kier molecular flexibility index (Phi) is 4.14. The molecule has 110 valence electrons. The van der Waals surface area contributed by atoms with Crippen LogP contribution in [0.3, 0.4) is 0 Å². The average Bonchev–Trinajstić information content (AvgIpc) is 3.01. The molecule has 0 aliphatic heterocycles. The standard InChI is InChI=1S/C14H13BrN2O2S2/c15-10-6-5-9(20-10)13(19)17-14-11(12(16)18)7-3-1-2-4-8(7)21-14/h5-6H,1-4H2,(H2,16,18)(H,17,19). The highest BCUT2D eigenvalue weighted by atomic mass is 79.9. The Bertz CT molecular complexity index is 721. The van der Waals surface area contributed by atoms with Crippen LogP contribution in [0.25, 0.3) is 0 Å². The Hall–Kier alpha value is -1.18. The molecule has 0 saturated heterocycles. The summed E-state index contributed by atoms with van der Waals surface area (Å²) in [5.41, 5.74) is 7.04. The van der Waals surface area contributed by atoms with Gasteiger partial charge in [0, 0.05) is 4.88 Å². The maximum Gasteiger partial charge on any atom is 0.266 e. The fourth-order valence-corrected chi connectivity index (χ4v) is 5.09. The van der Waals surface area contributed by atoms with Gasteiger partial charge in [-0.05, 0) is 59.3 Å². The third kappa shape index (κ3) is 2.90. The van der Waals surface area contributed by atoms with Crippen molar-refractivity contribution in [2.24, 2.45) is 5.73 Å². The second kappa shape index (κ2) is 5.90. The summed E-state index contributed by atoms with van der Waals surface area (Å²) in [5.74, 6) is -0.663. The van der Waals surface area contributed by atoms with E-state index in [-0.39, 0.29) is 5.91 Å². The number of halogens is 1. The van der Waals surface area contributed by atoms with Gasteiger partial charge in [-0.1, -0.05) is 0 Å². The number of amides is 2. The van der Waals surface area contributed by atoms with Crippen molar-refractivity contribution in [3.05, 3.63) is 36.8 Å². The lowest BCUT2D eigenvalue weighted by Crippen LogP contribution is -2.18. The van der Waals surface area contributed by atoms with E-state index in [4.69, 9.17) is 5.73 Å². The summed E-state index contributed by atoms with van der Waals surface area (Å²) in [7, 11) is 0. The largest absolute Gasteiger partial charge is 0.365 e. The van der Waals surface area contributed by atoms with E-state index in [2.05, 4.69) is 21.2 Å². The highest BCUT2D eigenvalue weighted by molar-refractivity contribution is 9.11. The van der Waals surface area contributed by atoms with E-state index in [1.807, 2.05) is 6.07 Å². The molecule has 3 rings (SSSR count). The van der Waals surface area contributed by atoms with Crippen molar-refractivity contribution < 1.29 is 9.59 Å². The van der Waals surface area contributed by atoms with Gasteiger partial charge in [-0.15, -0.1) is 22.7 Å². The molecule has 0 bridgehead atoms. The zero-order chi connectivity index (χ0) is 15.0. The second-order valence-electron chi connectivity index (χ2n) is 4.84. The number of primary amides is 1. The number of hydrogen-bond acceptors (Lipinski definition) is 4. The predicted molar refractivity (Wildman–Crippen MR) is 89.5 cm³/mol. The molecule has 0 radical (unpaired) electrons. The van der Waals surface area contributed by atoms with Crippen molar-refractivity contribution in [1.82, 2.24) is 0 Å². The van der Waals surface area contributed by atoms with Crippen LogP contribution in [-0.4, -0.2) is 11.8 Å². The zero-order valence-corrected chi connectivity index (χ0v) is 14.3. The van der Waals surface area contributed by atoms with Gasteiger partial charge < -0.3 is 11.1 Å².